The number of carbonyl (C=O) groups excluding carboxylic acids is 1. The summed E-state index contributed by atoms with van der Waals surface area (Å²) in [7, 11) is 0. The minimum Gasteiger partial charge on any atom is -0.350 e. The van der Waals surface area contributed by atoms with Crippen LogP contribution in [-0.4, -0.2) is 28.0 Å². The van der Waals surface area contributed by atoms with E-state index >= 15 is 0 Å². The minimum atomic E-state index is -0.606. The summed E-state index contributed by atoms with van der Waals surface area (Å²) in [5, 5.41) is 2.92. The van der Waals surface area contributed by atoms with Crippen LogP contribution < -0.4 is 22.3 Å². The molecule has 0 bridgehead atoms. The molecule has 0 radical (unpaired) electrons. The summed E-state index contributed by atoms with van der Waals surface area (Å²) in [6.45, 7) is 0.248. The molecule has 1 aliphatic carbocycles. The Morgan fingerprint density at radius 3 is 2.65 bits per heavy atom. The Kier molecular flexibility index (Phi) is 8.01. The predicted octanol–water partition coefficient (Wildman–Crippen LogP) is 0.745. The first kappa shape index (κ1) is 19.9. The lowest BCUT2D eigenvalue weighted by molar-refractivity contribution is -0.122. The van der Waals surface area contributed by atoms with Gasteiger partial charge in [-0.05, 0) is 34.7 Å². The van der Waals surface area contributed by atoms with Gasteiger partial charge in [0, 0.05) is 18.8 Å². The lowest BCUT2D eigenvalue weighted by atomic mass is 9.84. The summed E-state index contributed by atoms with van der Waals surface area (Å²) in [6.07, 6.45) is 7.05. The third-order valence-corrected chi connectivity index (χ3v) is 4.67. The molecule has 1 heterocycles. The molecule has 1 fully saturated rings. The van der Waals surface area contributed by atoms with Gasteiger partial charge in [-0.3, -0.25) is 19.1 Å². The maximum atomic E-state index is 12.1. The molecule has 0 aliphatic heterocycles. The summed E-state index contributed by atoms with van der Waals surface area (Å²) in [4.78, 5) is 37.2. The van der Waals surface area contributed by atoms with Crippen molar-refractivity contribution in [2.24, 2.45) is 11.7 Å². The topological polar surface area (TPSA) is 110 Å². The first-order valence-electron chi connectivity index (χ1n) is 7.50. The van der Waals surface area contributed by atoms with Crippen molar-refractivity contribution < 1.29 is 4.79 Å². The number of hydrogen-bond acceptors (Lipinski definition) is 4. The molecule has 4 N–H and O–H groups in total. The van der Waals surface area contributed by atoms with Crippen LogP contribution in [0.3, 0.4) is 0 Å². The molecule has 1 aliphatic rings. The van der Waals surface area contributed by atoms with E-state index in [2.05, 4.69) is 26.2 Å². The fourth-order valence-corrected chi connectivity index (χ4v) is 3.26. The standard InChI is InChI=1S/C14H21BrN4O3.ClH/c15-10-7-19(14(22)18-13(10)21)8-12(20)17-11(6-16)9-4-2-1-3-5-9;/h7,9,11H,1-6,8,16H2,(H,17,20)(H,18,21,22);1H. The summed E-state index contributed by atoms with van der Waals surface area (Å²) in [5.41, 5.74) is 4.66. The van der Waals surface area contributed by atoms with Gasteiger partial charge in [0.2, 0.25) is 5.91 Å². The van der Waals surface area contributed by atoms with Crippen LogP contribution in [0.15, 0.2) is 20.3 Å². The van der Waals surface area contributed by atoms with E-state index in [9.17, 15) is 14.4 Å². The molecular weight excluding hydrogens is 388 g/mol. The molecule has 0 spiro atoms. The number of nitrogens with two attached hydrogens (primary N) is 1. The highest BCUT2D eigenvalue weighted by Gasteiger charge is 2.24. The predicted molar refractivity (Wildman–Crippen MR) is 93.8 cm³/mol. The number of rotatable bonds is 5. The van der Waals surface area contributed by atoms with Crippen molar-refractivity contribution in [3.05, 3.63) is 31.5 Å². The number of hydrogen-bond donors (Lipinski definition) is 3. The average Bonchev–Trinajstić information content (AvgIpc) is 2.51. The van der Waals surface area contributed by atoms with Gasteiger partial charge in [-0.25, -0.2) is 4.79 Å². The molecule has 1 amide bonds. The molecule has 23 heavy (non-hydrogen) atoms. The van der Waals surface area contributed by atoms with E-state index in [1.165, 1.54) is 25.5 Å². The fraction of sp³-hybridized carbons (Fsp3) is 0.643. The van der Waals surface area contributed by atoms with Crippen LogP contribution in [0, 0.1) is 5.92 Å². The van der Waals surface area contributed by atoms with Gasteiger partial charge in [-0.2, -0.15) is 0 Å². The maximum absolute atomic E-state index is 12.1. The Hall–Kier alpha value is -1.12. The Morgan fingerprint density at radius 2 is 2.04 bits per heavy atom. The first-order chi connectivity index (χ1) is 10.5. The quantitative estimate of drug-likeness (QED) is 0.666. The molecule has 1 atom stereocenters. The van der Waals surface area contributed by atoms with E-state index in [-0.39, 0.29) is 35.4 Å². The van der Waals surface area contributed by atoms with E-state index in [0.29, 0.717) is 12.5 Å². The molecule has 1 aromatic heterocycles. The molecule has 7 nitrogen and oxygen atoms in total. The number of aromatic amines is 1. The molecule has 1 unspecified atom stereocenters. The van der Waals surface area contributed by atoms with Crippen molar-refractivity contribution >= 4 is 34.2 Å². The zero-order chi connectivity index (χ0) is 16.1. The monoisotopic (exact) mass is 408 g/mol. The van der Waals surface area contributed by atoms with Crippen LogP contribution in [0.4, 0.5) is 0 Å². The van der Waals surface area contributed by atoms with Crippen molar-refractivity contribution in [1.29, 1.82) is 0 Å². The molecule has 0 saturated heterocycles. The zero-order valence-corrected chi connectivity index (χ0v) is 15.1. The highest BCUT2D eigenvalue weighted by Crippen LogP contribution is 2.26. The molecule has 0 aromatic carbocycles. The number of halogens is 2. The van der Waals surface area contributed by atoms with E-state index in [1.807, 2.05) is 0 Å². The molecule has 9 heteroatoms. The van der Waals surface area contributed by atoms with Crippen molar-refractivity contribution in [3.8, 4) is 0 Å². The third kappa shape index (κ3) is 5.47. The Balaban J connectivity index is 0.00000264. The largest absolute Gasteiger partial charge is 0.350 e. The van der Waals surface area contributed by atoms with Crippen molar-refractivity contribution in [1.82, 2.24) is 14.9 Å². The van der Waals surface area contributed by atoms with Gasteiger partial charge >= 0.3 is 5.69 Å². The second-order valence-electron chi connectivity index (χ2n) is 5.67. The second kappa shape index (κ2) is 9.24. The van der Waals surface area contributed by atoms with Gasteiger partial charge in [0.15, 0.2) is 0 Å². The zero-order valence-electron chi connectivity index (χ0n) is 12.7. The van der Waals surface area contributed by atoms with Crippen molar-refractivity contribution in [3.63, 3.8) is 0 Å². The van der Waals surface area contributed by atoms with Gasteiger partial charge in [-0.1, -0.05) is 19.3 Å². The SMILES string of the molecule is Cl.NCC(NC(=O)Cn1cc(Br)c(=O)[nH]c1=O)C1CCCCC1. The minimum absolute atomic E-state index is 0. The lowest BCUT2D eigenvalue weighted by Crippen LogP contribution is -2.47. The summed E-state index contributed by atoms with van der Waals surface area (Å²) < 4.78 is 1.37. The van der Waals surface area contributed by atoms with Crippen molar-refractivity contribution in [2.75, 3.05) is 6.54 Å². The Bertz CT molecular complexity index is 640. The molecular formula is C14H22BrClN4O3. The van der Waals surface area contributed by atoms with E-state index in [4.69, 9.17) is 5.73 Å². The van der Waals surface area contributed by atoms with Crippen LogP contribution in [0.1, 0.15) is 32.1 Å². The number of carbonyl (C=O) groups is 1. The Labute approximate surface area is 148 Å². The van der Waals surface area contributed by atoms with E-state index in [0.717, 1.165) is 17.4 Å². The highest BCUT2D eigenvalue weighted by atomic mass is 79.9. The molecule has 1 aromatic rings. The van der Waals surface area contributed by atoms with Crippen LogP contribution >= 0.6 is 28.3 Å². The average molecular weight is 410 g/mol. The van der Waals surface area contributed by atoms with Crippen LogP contribution in [0.5, 0.6) is 0 Å². The molecule has 2 rings (SSSR count). The fourth-order valence-electron chi connectivity index (χ4n) is 2.91. The first-order valence-corrected chi connectivity index (χ1v) is 8.29. The number of nitrogens with one attached hydrogen (secondary N) is 2. The van der Waals surface area contributed by atoms with Crippen molar-refractivity contribution in [2.45, 2.75) is 44.7 Å². The number of nitrogens with zero attached hydrogens (tertiary/aromatic N) is 1. The number of H-pyrrole nitrogens is 1. The molecule has 130 valence electrons. The van der Waals surface area contributed by atoms with Gasteiger partial charge in [0.05, 0.1) is 4.47 Å². The van der Waals surface area contributed by atoms with Crippen LogP contribution in [0.25, 0.3) is 0 Å². The normalized spacial score (nSPS) is 16.4. The Morgan fingerprint density at radius 1 is 1.39 bits per heavy atom. The summed E-state index contributed by atoms with van der Waals surface area (Å²) in [6, 6.07) is -0.0605. The third-order valence-electron chi connectivity index (χ3n) is 4.10. The van der Waals surface area contributed by atoms with Crippen LogP contribution in [0.2, 0.25) is 0 Å². The number of amides is 1. The van der Waals surface area contributed by atoms with Gasteiger partial charge in [-0.15, -0.1) is 12.4 Å². The molecule has 1 saturated carbocycles. The van der Waals surface area contributed by atoms with E-state index in [1.54, 1.807) is 0 Å². The second-order valence-corrected chi connectivity index (χ2v) is 6.53. The maximum Gasteiger partial charge on any atom is 0.328 e. The summed E-state index contributed by atoms with van der Waals surface area (Å²) >= 11 is 3.04. The van der Waals surface area contributed by atoms with E-state index < -0.39 is 11.2 Å². The summed E-state index contributed by atoms with van der Waals surface area (Å²) in [5.74, 6) is 0.129. The van der Waals surface area contributed by atoms with Gasteiger partial charge < -0.3 is 11.1 Å². The smallest absolute Gasteiger partial charge is 0.328 e. The number of aromatic nitrogens is 2. The lowest BCUT2D eigenvalue weighted by Gasteiger charge is -2.30. The van der Waals surface area contributed by atoms with Gasteiger partial charge in [0.25, 0.3) is 5.56 Å². The van der Waals surface area contributed by atoms with Gasteiger partial charge in [0.1, 0.15) is 6.54 Å². The highest BCUT2D eigenvalue weighted by molar-refractivity contribution is 9.10. The van der Waals surface area contributed by atoms with Crippen LogP contribution in [-0.2, 0) is 11.3 Å².